The second kappa shape index (κ2) is 12.4. The summed E-state index contributed by atoms with van der Waals surface area (Å²) in [6.45, 7) is 9.57. The summed E-state index contributed by atoms with van der Waals surface area (Å²) in [7, 11) is 0. The fourth-order valence-electron chi connectivity index (χ4n) is 5.19. The van der Waals surface area contributed by atoms with Crippen molar-refractivity contribution in [2.45, 2.75) is 31.3 Å². The number of urea groups is 1. The topological polar surface area (TPSA) is 71.2 Å². The largest absolute Gasteiger partial charge is 0.369 e. The molecule has 0 aliphatic carbocycles. The predicted octanol–water partition coefficient (Wildman–Crippen LogP) is 1.96. The molecular weight excluding hydrogens is 487 g/mol. The molecule has 33 heavy (non-hydrogen) atoms. The Morgan fingerprint density at radius 1 is 0.727 bits per heavy atom. The van der Waals surface area contributed by atoms with Crippen molar-refractivity contribution < 1.29 is 9.59 Å². The van der Waals surface area contributed by atoms with Gasteiger partial charge in [0.2, 0.25) is 5.91 Å². The number of imide groups is 1. The molecule has 4 heterocycles. The first-order valence-electron chi connectivity index (χ1n) is 11.3. The number of rotatable bonds is 4. The fraction of sp³-hybridized carbons (Fsp3) is 0.636. The Hall–Kier alpha value is -1.29. The summed E-state index contributed by atoms with van der Waals surface area (Å²) in [5.74, 6) is -0.198. The molecule has 2 N–H and O–H groups in total. The second-order valence-corrected chi connectivity index (χ2v) is 8.88. The standard InChI is InChI=1S/C22H32N6O2.3ClH/c29-21-7-10-28(22(30)24-21)19-3-1-17(2-4-19)25-11-13-26(14-12-25)20-15-27(16-20)18-5-8-23-9-6-18;;;/h1-4,18,20,23H,5-16H2,(H,24,29,30);3*1H. The number of nitrogens with one attached hydrogen (secondary N) is 2. The van der Waals surface area contributed by atoms with Gasteiger partial charge in [0.05, 0.1) is 0 Å². The molecule has 4 aliphatic heterocycles. The number of piperazine rings is 1. The summed E-state index contributed by atoms with van der Waals surface area (Å²) in [6, 6.07) is 9.35. The molecule has 0 atom stereocenters. The maximum atomic E-state index is 12.0. The third-order valence-corrected chi connectivity index (χ3v) is 7.13. The van der Waals surface area contributed by atoms with Crippen LogP contribution >= 0.6 is 37.2 Å². The number of amides is 3. The van der Waals surface area contributed by atoms with Crippen LogP contribution in [0.2, 0.25) is 0 Å². The highest BCUT2D eigenvalue weighted by atomic mass is 35.5. The van der Waals surface area contributed by atoms with E-state index in [1.54, 1.807) is 4.90 Å². The molecule has 1 aromatic carbocycles. The molecule has 0 saturated carbocycles. The summed E-state index contributed by atoms with van der Waals surface area (Å²) in [5.41, 5.74) is 2.05. The van der Waals surface area contributed by atoms with Crippen LogP contribution in [0.4, 0.5) is 16.2 Å². The first kappa shape index (κ1) is 28.0. The summed E-state index contributed by atoms with van der Waals surface area (Å²) in [5, 5.41) is 5.84. The number of anilines is 2. The van der Waals surface area contributed by atoms with Gasteiger partial charge >= 0.3 is 6.03 Å². The molecule has 4 fully saturated rings. The molecule has 1 aromatic rings. The Morgan fingerprint density at radius 2 is 1.33 bits per heavy atom. The number of carbonyl (C=O) groups excluding carboxylic acids is 2. The molecule has 186 valence electrons. The Balaban J connectivity index is 0.00000128. The number of likely N-dealkylation sites (tertiary alicyclic amines) is 1. The Morgan fingerprint density at radius 3 is 1.94 bits per heavy atom. The predicted molar refractivity (Wildman–Crippen MR) is 139 cm³/mol. The van der Waals surface area contributed by atoms with Crippen LogP contribution in [-0.4, -0.2) is 92.7 Å². The number of halogens is 3. The van der Waals surface area contributed by atoms with Crippen LogP contribution in [0.3, 0.4) is 0 Å². The summed E-state index contributed by atoms with van der Waals surface area (Å²) < 4.78 is 0. The lowest BCUT2D eigenvalue weighted by molar-refractivity contribution is -0.120. The highest BCUT2D eigenvalue weighted by molar-refractivity contribution is 6.05. The van der Waals surface area contributed by atoms with E-state index in [4.69, 9.17) is 0 Å². The van der Waals surface area contributed by atoms with Crippen LogP contribution in [0, 0.1) is 0 Å². The minimum Gasteiger partial charge on any atom is -0.369 e. The molecular formula is C22H35Cl3N6O2. The Bertz CT molecular complexity index is 779. The zero-order valence-electron chi connectivity index (χ0n) is 18.8. The van der Waals surface area contributed by atoms with Gasteiger partial charge in [0.25, 0.3) is 0 Å². The zero-order chi connectivity index (χ0) is 20.5. The fourth-order valence-corrected chi connectivity index (χ4v) is 5.19. The van der Waals surface area contributed by atoms with Crippen LogP contribution in [-0.2, 0) is 4.79 Å². The van der Waals surface area contributed by atoms with Gasteiger partial charge in [-0.15, -0.1) is 37.2 Å². The van der Waals surface area contributed by atoms with Crippen molar-refractivity contribution in [2.24, 2.45) is 0 Å². The molecule has 11 heteroatoms. The number of hydrogen-bond donors (Lipinski definition) is 2. The lowest BCUT2D eigenvalue weighted by Crippen LogP contribution is -2.65. The zero-order valence-corrected chi connectivity index (χ0v) is 21.2. The van der Waals surface area contributed by atoms with Crippen LogP contribution in [0.5, 0.6) is 0 Å². The highest BCUT2D eigenvalue weighted by Gasteiger charge is 2.37. The van der Waals surface area contributed by atoms with Gasteiger partial charge in [0.1, 0.15) is 0 Å². The van der Waals surface area contributed by atoms with E-state index in [0.29, 0.717) is 13.0 Å². The van der Waals surface area contributed by atoms with Gasteiger partial charge in [-0.1, -0.05) is 0 Å². The highest BCUT2D eigenvalue weighted by Crippen LogP contribution is 2.26. The smallest absolute Gasteiger partial charge is 0.328 e. The van der Waals surface area contributed by atoms with Gasteiger partial charge in [-0.2, -0.15) is 0 Å². The lowest BCUT2D eigenvalue weighted by atomic mass is 9.97. The Kier molecular flexibility index (Phi) is 10.5. The molecule has 4 saturated heterocycles. The van der Waals surface area contributed by atoms with Crippen molar-refractivity contribution in [3.8, 4) is 0 Å². The molecule has 0 bridgehead atoms. The van der Waals surface area contributed by atoms with Crippen molar-refractivity contribution >= 4 is 60.5 Å². The molecule has 0 radical (unpaired) electrons. The minimum atomic E-state index is -0.327. The molecule has 8 nitrogen and oxygen atoms in total. The van der Waals surface area contributed by atoms with Gasteiger partial charge < -0.3 is 10.2 Å². The van der Waals surface area contributed by atoms with Gasteiger partial charge in [-0.3, -0.25) is 24.8 Å². The van der Waals surface area contributed by atoms with Gasteiger partial charge in [0.15, 0.2) is 0 Å². The van der Waals surface area contributed by atoms with Crippen molar-refractivity contribution in [3.63, 3.8) is 0 Å². The molecule has 0 aromatic heterocycles. The first-order valence-corrected chi connectivity index (χ1v) is 11.3. The molecule has 0 unspecified atom stereocenters. The van der Waals surface area contributed by atoms with E-state index in [1.165, 1.54) is 44.7 Å². The maximum Gasteiger partial charge on any atom is 0.328 e. The van der Waals surface area contributed by atoms with E-state index < -0.39 is 0 Å². The maximum absolute atomic E-state index is 12.0. The van der Waals surface area contributed by atoms with Gasteiger partial charge in [-0.05, 0) is 50.2 Å². The minimum absolute atomic E-state index is 0. The van der Waals surface area contributed by atoms with E-state index >= 15 is 0 Å². The third-order valence-electron chi connectivity index (χ3n) is 7.13. The Labute approximate surface area is 214 Å². The average molecular weight is 522 g/mol. The van der Waals surface area contributed by atoms with E-state index in [2.05, 4.69) is 37.5 Å². The van der Waals surface area contributed by atoms with Crippen LogP contribution in [0.25, 0.3) is 0 Å². The summed E-state index contributed by atoms with van der Waals surface area (Å²) in [6.07, 6.45) is 2.95. The number of piperidine rings is 1. The average Bonchev–Trinajstić information content (AvgIpc) is 2.74. The monoisotopic (exact) mass is 520 g/mol. The van der Waals surface area contributed by atoms with Crippen molar-refractivity contribution in [2.75, 3.05) is 68.7 Å². The van der Waals surface area contributed by atoms with Gasteiger partial charge in [-0.25, -0.2) is 4.79 Å². The molecule has 3 amide bonds. The number of nitrogens with zero attached hydrogens (tertiary/aromatic N) is 4. The molecule has 0 spiro atoms. The van der Waals surface area contributed by atoms with E-state index in [0.717, 1.165) is 44.0 Å². The van der Waals surface area contributed by atoms with Gasteiger partial charge in [0, 0.05) is 75.7 Å². The van der Waals surface area contributed by atoms with Crippen LogP contribution in [0.1, 0.15) is 19.3 Å². The third kappa shape index (κ3) is 6.24. The van der Waals surface area contributed by atoms with E-state index in [1.807, 2.05) is 12.1 Å². The first-order chi connectivity index (χ1) is 14.7. The normalized spacial score (nSPS) is 23.0. The number of benzene rings is 1. The second-order valence-electron chi connectivity index (χ2n) is 8.88. The lowest BCUT2D eigenvalue weighted by Gasteiger charge is -2.51. The summed E-state index contributed by atoms with van der Waals surface area (Å²) in [4.78, 5) is 32.8. The number of hydrogen-bond acceptors (Lipinski definition) is 6. The van der Waals surface area contributed by atoms with Crippen molar-refractivity contribution in [3.05, 3.63) is 24.3 Å². The van der Waals surface area contributed by atoms with Crippen molar-refractivity contribution in [1.82, 2.24) is 20.4 Å². The van der Waals surface area contributed by atoms with Crippen LogP contribution < -0.4 is 20.4 Å². The molecule has 4 aliphatic rings. The SMILES string of the molecule is Cl.Cl.Cl.O=C1CCN(c2ccc(N3CCN(C4CN(C5CCNCC5)C4)CC3)cc2)C(=O)N1. The van der Waals surface area contributed by atoms with Crippen molar-refractivity contribution in [1.29, 1.82) is 0 Å². The van der Waals surface area contributed by atoms with E-state index in [9.17, 15) is 9.59 Å². The quantitative estimate of drug-likeness (QED) is 0.631. The summed E-state index contributed by atoms with van der Waals surface area (Å²) >= 11 is 0. The number of carbonyl (C=O) groups is 2. The van der Waals surface area contributed by atoms with Crippen LogP contribution in [0.15, 0.2) is 24.3 Å². The van der Waals surface area contributed by atoms with E-state index in [-0.39, 0.29) is 49.2 Å². The molecule has 5 rings (SSSR count).